The van der Waals surface area contributed by atoms with Crippen LogP contribution in [0.25, 0.3) is 0 Å². The van der Waals surface area contributed by atoms with E-state index in [1.54, 1.807) is 31.0 Å². The van der Waals surface area contributed by atoms with E-state index < -0.39 is 30.2 Å². The van der Waals surface area contributed by atoms with Gasteiger partial charge in [0.15, 0.2) is 18.0 Å². The summed E-state index contributed by atoms with van der Waals surface area (Å²) in [4.78, 5) is 49.1. The zero-order valence-electron chi connectivity index (χ0n) is 17.9. The molecular weight excluding hydrogens is 403 g/mol. The average molecular weight is 430 g/mol. The molecule has 31 heavy (non-hydrogen) atoms. The number of rotatable bonds is 5. The van der Waals surface area contributed by atoms with Crippen LogP contribution < -0.4 is 10.2 Å². The number of hydrogen-bond acceptors (Lipinski definition) is 7. The van der Waals surface area contributed by atoms with Crippen LogP contribution in [0.5, 0.6) is 0 Å². The maximum Gasteiger partial charge on any atom is 0.325 e. The SMILES string of the molecule is CC(=O)C(C)N1C(CN2CCN(c3ccc(F)cc3)CC2)=NC2C1C(=O)NC(=O)N2C. The molecule has 3 amide bonds. The number of hydrogen-bond donors (Lipinski definition) is 1. The summed E-state index contributed by atoms with van der Waals surface area (Å²) in [6, 6.07) is 4.75. The van der Waals surface area contributed by atoms with Gasteiger partial charge in [-0.1, -0.05) is 0 Å². The van der Waals surface area contributed by atoms with Gasteiger partial charge >= 0.3 is 6.03 Å². The second-order valence-electron chi connectivity index (χ2n) is 8.24. The Morgan fingerprint density at radius 1 is 1.19 bits per heavy atom. The Morgan fingerprint density at radius 2 is 1.84 bits per heavy atom. The van der Waals surface area contributed by atoms with Gasteiger partial charge in [-0.15, -0.1) is 0 Å². The lowest BCUT2D eigenvalue weighted by Gasteiger charge is -2.40. The molecule has 1 aromatic carbocycles. The minimum atomic E-state index is -0.711. The fraction of sp³-hybridized carbons (Fsp3) is 0.524. The highest BCUT2D eigenvalue weighted by molar-refractivity contribution is 6.05. The normalized spacial score (nSPS) is 25.3. The monoisotopic (exact) mass is 430 g/mol. The molecule has 3 aliphatic heterocycles. The quantitative estimate of drug-likeness (QED) is 0.733. The molecule has 166 valence electrons. The summed E-state index contributed by atoms with van der Waals surface area (Å²) in [5.74, 6) is -0.109. The Hall–Kier alpha value is -3.01. The van der Waals surface area contributed by atoms with Gasteiger partial charge in [-0.3, -0.25) is 19.8 Å². The van der Waals surface area contributed by atoms with Crippen LogP contribution in [0.1, 0.15) is 13.8 Å². The number of amides is 3. The van der Waals surface area contributed by atoms with E-state index in [-0.39, 0.29) is 11.6 Å². The number of carbonyl (C=O) groups is 3. The molecule has 3 aliphatic rings. The summed E-state index contributed by atoms with van der Waals surface area (Å²) in [5.41, 5.74) is 0.980. The topological polar surface area (TPSA) is 88.6 Å². The number of carbonyl (C=O) groups excluding carboxylic acids is 3. The molecule has 0 aliphatic carbocycles. The number of nitrogens with one attached hydrogen (secondary N) is 1. The van der Waals surface area contributed by atoms with Crippen LogP contribution in [0.3, 0.4) is 0 Å². The number of piperazine rings is 1. The van der Waals surface area contributed by atoms with Crippen LogP contribution in [0, 0.1) is 5.82 Å². The third kappa shape index (κ3) is 3.99. The van der Waals surface area contributed by atoms with Crippen LogP contribution in [0.4, 0.5) is 14.9 Å². The lowest BCUT2D eigenvalue weighted by Crippen LogP contribution is -2.65. The molecule has 0 saturated carbocycles. The van der Waals surface area contributed by atoms with E-state index in [1.165, 1.54) is 24.0 Å². The molecule has 4 rings (SSSR count). The molecule has 9 nitrogen and oxygen atoms in total. The highest BCUT2D eigenvalue weighted by Crippen LogP contribution is 2.27. The molecule has 0 bridgehead atoms. The largest absolute Gasteiger partial charge is 0.369 e. The highest BCUT2D eigenvalue weighted by Gasteiger charge is 2.50. The maximum absolute atomic E-state index is 13.2. The molecule has 10 heteroatoms. The van der Waals surface area contributed by atoms with Gasteiger partial charge in [0.1, 0.15) is 11.7 Å². The summed E-state index contributed by atoms with van der Waals surface area (Å²) >= 11 is 0. The number of urea groups is 1. The first-order chi connectivity index (χ1) is 14.8. The third-order valence-electron chi connectivity index (χ3n) is 6.31. The van der Waals surface area contributed by atoms with Crippen molar-refractivity contribution in [1.82, 2.24) is 20.0 Å². The van der Waals surface area contributed by atoms with Crippen molar-refractivity contribution in [2.75, 3.05) is 44.7 Å². The third-order valence-corrected chi connectivity index (χ3v) is 6.31. The van der Waals surface area contributed by atoms with Crippen molar-refractivity contribution in [3.63, 3.8) is 0 Å². The number of nitrogens with zero attached hydrogens (tertiary/aromatic N) is 5. The van der Waals surface area contributed by atoms with E-state index in [1.807, 2.05) is 0 Å². The van der Waals surface area contributed by atoms with Crippen LogP contribution in [0.15, 0.2) is 29.3 Å². The summed E-state index contributed by atoms with van der Waals surface area (Å²) < 4.78 is 13.2. The van der Waals surface area contributed by atoms with E-state index in [0.29, 0.717) is 12.4 Å². The summed E-state index contributed by atoms with van der Waals surface area (Å²) in [5, 5.41) is 2.35. The second-order valence-corrected chi connectivity index (χ2v) is 8.24. The first kappa shape index (κ1) is 21.2. The highest BCUT2D eigenvalue weighted by atomic mass is 19.1. The number of benzene rings is 1. The van der Waals surface area contributed by atoms with E-state index in [0.717, 1.165) is 31.9 Å². The van der Waals surface area contributed by atoms with Crippen molar-refractivity contribution in [3.05, 3.63) is 30.1 Å². The Kier molecular flexibility index (Phi) is 5.65. The van der Waals surface area contributed by atoms with Crippen LogP contribution >= 0.6 is 0 Å². The molecular formula is C21H27FN6O3. The van der Waals surface area contributed by atoms with Gasteiger partial charge < -0.3 is 14.7 Å². The van der Waals surface area contributed by atoms with Gasteiger partial charge in [0.2, 0.25) is 0 Å². The summed E-state index contributed by atoms with van der Waals surface area (Å²) in [7, 11) is 1.60. The summed E-state index contributed by atoms with van der Waals surface area (Å²) in [6.45, 7) is 6.80. The Labute approximate surface area is 180 Å². The van der Waals surface area contributed by atoms with Gasteiger partial charge in [0.05, 0.1) is 12.6 Å². The van der Waals surface area contributed by atoms with Gasteiger partial charge in [0.25, 0.3) is 5.91 Å². The molecule has 1 N–H and O–H groups in total. The van der Waals surface area contributed by atoms with E-state index in [9.17, 15) is 18.8 Å². The first-order valence-electron chi connectivity index (χ1n) is 10.4. The molecule has 3 heterocycles. The number of amidine groups is 1. The number of Topliss-reactive ketones (excluding diaryl/α,β-unsaturated/α-hetero) is 1. The predicted molar refractivity (Wildman–Crippen MR) is 113 cm³/mol. The number of anilines is 1. The Bertz CT molecular complexity index is 912. The molecule has 0 radical (unpaired) electrons. The molecule has 1 aromatic rings. The standard InChI is InChI=1S/C21H27FN6O3/c1-13(14(2)29)28-17(23-19-18(28)20(30)24-21(31)25(19)3)12-26-8-10-27(11-9-26)16-6-4-15(22)5-7-16/h4-7,13,18-19H,8-12H2,1-3H3,(H,24,30,31). The second kappa shape index (κ2) is 8.26. The first-order valence-corrected chi connectivity index (χ1v) is 10.4. The van der Waals surface area contributed by atoms with Gasteiger partial charge in [-0.2, -0.15) is 0 Å². The summed E-state index contributed by atoms with van der Waals surface area (Å²) in [6.07, 6.45) is -0.640. The molecule has 0 aromatic heterocycles. The van der Waals surface area contributed by atoms with Crippen molar-refractivity contribution in [2.24, 2.45) is 4.99 Å². The number of imide groups is 1. The number of aliphatic imine (C=N–C) groups is 1. The number of likely N-dealkylation sites (N-methyl/N-ethyl adjacent to an activating group) is 1. The lowest BCUT2D eigenvalue weighted by molar-refractivity contribution is -0.129. The Balaban J connectivity index is 1.48. The van der Waals surface area contributed by atoms with Gasteiger partial charge in [0, 0.05) is 38.9 Å². The number of ketones is 1. The predicted octanol–water partition coefficient (Wildman–Crippen LogP) is 0.516. The minimum absolute atomic E-state index is 0.0677. The van der Waals surface area contributed by atoms with E-state index in [2.05, 4.69) is 15.1 Å². The molecule has 3 unspecified atom stereocenters. The fourth-order valence-corrected chi connectivity index (χ4v) is 4.34. The number of fused-ring (bicyclic) bond motifs is 1. The minimum Gasteiger partial charge on any atom is -0.369 e. The zero-order valence-corrected chi connectivity index (χ0v) is 17.9. The molecule has 2 saturated heterocycles. The number of halogens is 1. The lowest BCUT2D eigenvalue weighted by atomic mass is 10.1. The van der Waals surface area contributed by atoms with Crippen molar-refractivity contribution >= 4 is 29.2 Å². The van der Waals surface area contributed by atoms with Gasteiger partial charge in [-0.25, -0.2) is 14.2 Å². The van der Waals surface area contributed by atoms with E-state index in [4.69, 9.17) is 4.99 Å². The van der Waals surface area contributed by atoms with Crippen LogP contribution in [-0.4, -0.2) is 96.3 Å². The molecule has 0 spiro atoms. The average Bonchev–Trinajstić information content (AvgIpc) is 3.12. The van der Waals surface area contributed by atoms with Crippen molar-refractivity contribution in [2.45, 2.75) is 32.1 Å². The van der Waals surface area contributed by atoms with Crippen LogP contribution in [0.2, 0.25) is 0 Å². The van der Waals surface area contributed by atoms with Crippen molar-refractivity contribution < 1.29 is 18.8 Å². The Morgan fingerprint density at radius 3 is 2.45 bits per heavy atom. The van der Waals surface area contributed by atoms with Crippen molar-refractivity contribution in [3.8, 4) is 0 Å². The van der Waals surface area contributed by atoms with E-state index >= 15 is 0 Å². The maximum atomic E-state index is 13.2. The fourth-order valence-electron chi connectivity index (χ4n) is 4.34. The van der Waals surface area contributed by atoms with Crippen molar-refractivity contribution in [1.29, 1.82) is 0 Å². The molecule has 3 atom stereocenters. The van der Waals surface area contributed by atoms with Gasteiger partial charge in [-0.05, 0) is 38.1 Å². The molecule has 2 fully saturated rings. The smallest absolute Gasteiger partial charge is 0.325 e. The zero-order chi connectivity index (χ0) is 22.3. The van der Waals surface area contributed by atoms with Crippen LogP contribution in [-0.2, 0) is 9.59 Å².